The second-order valence-electron chi connectivity index (χ2n) is 4.93. The number of esters is 1. The van der Waals surface area contributed by atoms with Crippen molar-refractivity contribution in [1.29, 1.82) is 0 Å². The van der Waals surface area contributed by atoms with Crippen molar-refractivity contribution < 1.29 is 19.1 Å². The summed E-state index contributed by atoms with van der Waals surface area (Å²) < 4.78 is 5.49. The van der Waals surface area contributed by atoms with Crippen molar-refractivity contribution in [2.75, 3.05) is 6.61 Å². The standard InChI is InChI=1S/C17H15BrN2O4/c1-11-5-4-6-12(9-11)17(23)24-10-15(21)19-20-16(22)13-7-2-3-8-14(13)18/h2-9H,10H2,1H3,(H,19,21)(H,20,22). The molecule has 0 aliphatic rings. The molecule has 0 bridgehead atoms. The van der Waals surface area contributed by atoms with Crippen LogP contribution in [-0.2, 0) is 9.53 Å². The van der Waals surface area contributed by atoms with Crippen LogP contribution in [-0.4, -0.2) is 24.4 Å². The molecule has 124 valence electrons. The van der Waals surface area contributed by atoms with Crippen LogP contribution in [0.4, 0.5) is 0 Å². The highest BCUT2D eigenvalue weighted by Gasteiger charge is 2.12. The molecule has 0 radical (unpaired) electrons. The lowest BCUT2D eigenvalue weighted by atomic mass is 10.1. The minimum Gasteiger partial charge on any atom is -0.452 e. The zero-order valence-corrected chi connectivity index (χ0v) is 14.4. The number of hydrogen-bond acceptors (Lipinski definition) is 4. The molecule has 7 heteroatoms. The maximum atomic E-state index is 11.9. The monoisotopic (exact) mass is 390 g/mol. The Bertz CT molecular complexity index is 777. The zero-order chi connectivity index (χ0) is 17.5. The third-order valence-corrected chi connectivity index (χ3v) is 3.71. The largest absolute Gasteiger partial charge is 0.452 e. The molecule has 0 fully saturated rings. The molecule has 0 spiro atoms. The van der Waals surface area contributed by atoms with Crippen molar-refractivity contribution in [3.05, 3.63) is 69.7 Å². The number of carbonyl (C=O) groups excluding carboxylic acids is 3. The summed E-state index contributed by atoms with van der Waals surface area (Å²) in [6.07, 6.45) is 0. The van der Waals surface area contributed by atoms with Gasteiger partial charge in [-0.2, -0.15) is 0 Å². The van der Waals surface area contributed by atoms with Gasteiger partial charge in [-0.3, -0.25) is 20.4 Å². The van der Waals surface area contributed by atoms with Crippen molar-refractivity contribution in [1.82, 2.24) is 10.9 Å². The number of rotatable bonds is 4. The van der Waals surface area contributed by atoms with Crippen LogP contribution in [0.25, 0.3) is 0 Å². The van der Waals surface area contributed by atoms with Gasteiger partial charge in [-0.1, -0.05) is 29.8 Å². The van der Waals surface area contributed by atoms with E-state index < -0.39 is 24.4 Å². The Hall–Kier alpha value is -2.67. The van der Waals surface area contributed by atoms with Gasteiger partial charge >= 0.3 is 5.97 Å². The van der Waals surface area contributed by atoms with Crippen LogP contribution in [0.2, 0.25) is 0 Å². The number of amides is 2. The lowest BCUT2D eigenvalue weighted by Crippen LogP contribution is -2.43. The highest BCUT2D eigenvalue weighted by molar-refractivity contribution is 9.10. The predicted octanol–water partition coefficient (Wildman–Crippen LogP) is 2.38. The van der Waals surface area contributed by atoms with Gasteiger partial charge in [0.2, 0.25) is 0 Å². The molecule has 24 heavy (non-hydrogen) atoms. The fraction of sp³-hybridized carbons (Fsp3) is 0.118. The van der Waals surface area contributed by atoms with Gasteiger partial charge in [0.25, 0.3) is 11.8 Å². The molecule has 0 atom stereocenters. The van der Waals surface area contributed by atoms with E-state index in [1.165, 1.54) is 0 Å². The van der Waals surface area contributed by atoms with E-state index in [2.05, 4.69) is 26.8 Å². The molecule has 0 saturated heterocycles. The first-order valence-corrected chi connectivity index (χ1v) is 7.84. The lowest BCUT2D eigenvalue weighted by molar-refractivity contribution is -0.125. The average Bonchev–Trinajstić information content (AvgIpc) is 2.58. The van der Waals surface area contributed by atoms with Gasteiger partial charge in [0.05, 0.1) is 11.1 Å². The van der Waals surface area contributed by atoms with Crippen LogP contribution in [0, 0.1) is 6.92 Å². The molecule has 2 aromatic carbocycles. The smallest absolute Gasteiger partial charge is 0.338 e. The number of hydrogen-bond donors (Lipinski definition) is 2. The van der Waals surface area contributed by atoms with E-state index in [4.69, 9.17) is 4.74 Å². The van der Waals surface area contributed by atoms with E-state index in [1.807, 2.05) is 13.0 Å². The van der Waals surface area contributed by atoms with E-state index in [0.717, 1.165) is 5.56 Å². The SMILES string of the molecule is Cc1cccc(C(=O)OCC(=O)NNC(=O)c2ccccc2Br)c1. The van der Waals surface area contributed by atoms with Crippen LogP contribution in [0.3, 0.4) is 0 Å². The maximum absolute atomic E-state index is 11.9. The van der Waals surface area contributed by atoms with Gasteiger partial charge in [0.15, 0.2) is 6.61 Å². The molecule has 0 aliphatic heterocycles. The Morgan fingerprint density at radius 1 is 1.04 bits per heavy atom. The molecule has 2 aromatic rings. The van der Waals surface area contributed by atoms with Crippen molar-refractivity contribution in [2.24, 2.45) is 0 Å². The molecule has 2 amide bonds. The summed E-state index contributed by atoms with van der Waals surface area (Å²) in [6, 6.07) is 13.6. The Morgan fingerprint density at radius 3 is 2.50 bits per heavy atom. The molecule has 2 rings (SSSR count). The summed E-state index contributed by atoms with van der Waals surface area (Å²) in [7, 11) is 0. The molecule has 0 aromatic heterocycles. The number of benzene rings is 2. The molecule has 0 aliphatic carbocycles. The normalized spacial score (nSPS) is 9.92. The highest BCUT2D eigenvalue weighted by Crippen LogP contribution is 2.15. The topological polar surface area (TPSA) is 84.5 Å². The summed E-state index contributed by atoms with van der Waals surface area (Å²) in [5.74, 6) is -1.73. The second kappa shape index (κ2) is 8.26. The fourth-order valence-corrected chi connectivity index (χ4v) is 2.33. The zero-order valence-electron chi connectivity index (χ0n) is 12.8. The quantitative estimate of drug-likeness (QED) is 0.619. The van der Waals surface area contributed by atoms with E-state index in [0.29, 0.717) is 15.6 Å². The first-order valence-electron chi connectivity index (χ1n) is 7.05. The van der Waals surface area contributed by atoms with Gasteiger partial charge in [0, 0.05) is 4.47 Å². The van der Waals surface area contributed by atoms with Gasteiger partial charge in [-0.25, -0.2) is 4.79 Å². The van der Waals surface area contributed by atoms with Crippen LogP contribution >= 0.6 is 15.9 Å². The van der Waals surface area contributed by atoms with Crippen LogP contribution < -0.4 is 10.9 Å². The van der Waals surface area contributed by atoms with Crippen LogP contribution in [0.1, 0.15) is 26.3 Å². The maximum Gasteiger partial charge on any atom is 0.338 e. The Morgan fingerprint density at radius 2 is 1.79 bits per heavy atom. The molecule has 0 unspecified atom stereocenters. The Balaban J connectivity index is 1.80. The molecule has 6 nitrogen and oxygen atoms in total. The first-order chi connectivity index (χ1) is 11.5. The summed E-state index contributed by atoms with van der Waals surface area (Å²) >= 11 is 3.24. The van der Waals surface area contributed by atoms with Crippen molar-refractivity contribution >= 4 is 33.7 Å². The summed E-state index contributed by atoms with van der Waals surface area (Å²) in [4.78, 5) is 35.4. The summed E-state index contributed by atoms with van der Waals surface area (Å²) in [5, 5.41) is 0. The fourth-order valence-electron chi connectivity index (χ4n) is 1.86. The predicted molar refractivity (Wildman–Crippen MR) is 91.2 cm³/mol. The van der Waals surface area contributed by atoms with Crippen LogP contribution in [0.5, 0.6) is 0 Å². The van der Waals surface area contributed by atoms with Gasteiger partial charge in [0.1, 0.15) is 0 Å². The minimum absolute atomic E-state index is 0.361. The summed E-state index contributed by atoms with van der Waals surface area (Å²) in [6.45, 7) is 1.35. The Kier molecular flexibility index (Phi) is 6.08. The molecule has 2 N–H and O–H groups in total. The molecular formula is C17H15BrN2O4. The third-order valence-electron chi connectivity index (χ3n) is 3.02. The van der Waals surface area contributed by atoms with Gasteiger partial charge in [-0.15, -0.1) is 0 Å². The van der Waals surface area contributed by atoms with Gasteiger partial charge in [-0.05, 0) is 47.1 Å². The second-order valence-corrected chi connectivity index (χ2v) is 5.78. The minimum atomic E-state index is -0.642. The van der Waals surface area contributed by atoms with E-state index in [9.17, 15) is 14.4 Å². The van der Waals surface area contributed by atoms with Crippen LogP contribution in [0.15, 0.2) is 53.0 Å². The Labute approximate surface area is 147 Å². The molecule has 0 heterocycles. The lowest BCUT2D eigenvalue weighted by Gasteiger charge is -2.09. The number of hydrazine groups is 1. The third kappa shape index (κ3) is 4.92. The van der Waals surface area contributed by atoms with E-state index >= 15 is 0 Å². The van der Waals surface area contributed by atoms with E-state index in [1.54, 1.807) is 42.5 Å². The molecule has 0 saturated carbocycles. The number of ether oxygens (including phenoxy) is 1. The highest BCUT2D eigenvalue weighted by atomic mass is 79.9. The van der Waals surface area contributed by atoms with Gasteiger partial charge < -0.3 is 4.74 Å². The number of aryl methyl sites for hydroxylation is 1. The molecular weight excluding hydrogens is 376 g/mol. The average molecular weight is 391 g/mol. The number of nitrogens with one attached hydrogen (secondary N) is 2. The van der Waals surface area contributed by atoms with Crippen molar-refractivity contribution in [2.45, 2.75) is 6.92 Å². The first kappa shape index (κ1) is 17.7. The van der Waals surface area contributed by atoms with Crippen molar-refractivity contribution in [3.8, 4) is 0 Å². The summed E-state index contributed by atoms with van der Waals surface area (Å²) in [5.41, 5.74) is 6.08. The van der Waals surface area contributed by atoms with E-state index in [-0.39, 0.29) is 0 Å². The van der Waals surface area contributed by atoms with Crippen molar-refractivity contribution in [3.63, 3.8) is 0 Å². The number of halogens is 1. The number of carbonyl (C=O) groups is 3.